The summed E-state index contributed by atoms with van der Waals surface area (Å²) < 4.78 is 11.8. The highest BCUT2D eigenvalue weighted by Crippen LogP contribution is 2.32. The minimum absolute atomic E-state index is 0.0139. The molecule has 49 heavy (non-hydrogen) atoms. The lowest BCUT2D eigenvalue weighted by Crippen LogP contribution is -2.61. The fourth-order valence-corrected chi connectivity index (χ4v) is 5.87. The van der Waals surface area contributed by atoms with Crippen LogP contribution >= 0.6 is 0 Å². The van der Waals surface area contributed by atoms with E-state index in [9.17, 15) is 24.0 Å². The molecule has 2 fully saturated rings. The fraction of sp³-hybridized carbons (Fsp3) is 0.611. The van der Waals surface area contributed by atoms with Crippen molar-refractivity contribution < 1.29 is 33.4 Å². The van der Waals surface area contributed by atoms with Gasteiger partial charge >= 0.3 is 6.03 Å². The summed E-state index contributed by atoms with van der Waals surface area (Å²) in [6, 6.07) is 3.80. The third-order valence-electron chi connectivity index (χ3n) is 8.48. The number of ketones is 1. The van der Waals surface area contributed by atoms with Gasteiger partial charge in [0.2, 0.25) is 23.5 Å². The Bertz CT molecular complexity index is 1580. The van der Waals surface area contributed by atoms with Gasteiger partial charge in [0.1, 0.15) is 23.9 Å². The van der Waals surface area contributed by atoms with Crippen molar-refractivity contribution in [2.45, 2.75) is 123 Å². The van der Waals surface area contributed by atoms with Gasteiger partial charge in [-0.3, -0.25) is 19.2 Å². The zero-order valence-electron chi connectivity index (χ0n) is 30.2. The Morgan fingerprint density at radius 3 is 2.31 bits per heavy atom. The summed E-state index contributed by atoms with van der Waals surface area (Å²) in [6.45, 7) is 14.7. The number of Topliss-reactive ketones (excluding diaryl/α,β-unsaturated/α-hetero) is 1. The van der Waals surface area contributed by atoms with Gasteiger partial charge in [0.15, 0.2) is 0 Å². The lowest BCUT2D eigenvalue weighted by molar-refractivity contribution is -0.144. The van der Waals surface area contributed by atoms with Crippen LogP contribution in [-0.4, -0.2) is 88.9 Å². The van der Waals surface area contributed by atoms with Crippen LogP contribution in [0.3, 0.4) is 0 Å². The minimum atomic E-state index is -1.06. The van der Waals surface area contributed by atoms with Crippen molar-refractivity contribution in [3.05, 3.63) is 30.0 Å². The van der Waals surface area contributed by atoms with Crippen LogP contribution in [-0.2, 0) is 19.2 Å². The van der Waals surface area contributed by atoms with E-state index in [-0.39, 0.29) is 25.4 Å². The minimum Gasteiger partial charge on any atom is -0.497 e. The monoisotopic (exact) mass is 680 g/mol. The molecule has 268 valence electrons. The quantitative estimate of drug-likeness (QED) is 0.247. The summed E-state index contributed by atoms with van der Waals surface area (Å²) in [5.41, 5.74) is -0.574. The molecule has 0 spiro atoms. The Kier molecular flexibility index (Phi) is 11.4. The van der Waals surface area contributed by atoms with E-state index in [1.807, 2.05) is 73.6 Å². The average molecular weight is 681 g/mol. The van der Waals surface area contributed by atoms with E-state index in [1.165, 1.54) is 4.90 Å². The Hall–Kier alpha value is -4.42. The fourth-order valence-electron chi connectivity index (χ4n) is 5.87. The Labute approximate surface area is 288 Å². The number of urea groups is 1. The van der Waals surface area contributed by atoms with Gasteiger partial charge in [-0.05, 0) is 82.0 Å². The highest BCUT2D eigenvalue weighted by Gasteiger charge is 2.47. The number of nitrogens with one attached hydrogen (secondary N) is 4. The Morgan fingerprint density at radius 2 is 1.71 bits per heavy atom. The molecule has 13 heteroatoms. The number of nitrogens with zero attached hydrogens (tertiary/aromatic N) is 2. The number of likely N-dealkylation sites (tertiary alicyclic amines) is 1. The number of pyridine rings is 1. The van der Waals surface area contributed by atoms with Gasteiger partial charge in [0.25, 0.3) is 5.91 Å². The van der Waals surface area contributed by atoms with Gasteiger partial charge in [-0.25, -0.2) is 9.78 Å². The van der Waals surface area contributed by atoms with E-state index < -0.39 is 64.7 Å². The number of hydrogen-bond donors (Lipinski definition) is 4. The molecule has 0 bridgehead atoms. The molecule has 5 amide bonds. The molecule has 1 saturated heterocycles. The maximum absolute atomic E-state index is 14.4. The summed E-state index contributed by atoms with van der Waals surface area (Å²) in [6.07, 6.45) is 1.88. The standard InChI is InChI=1S/C36H52N6O7/c1-10-11-26(28(43)31(45)38-22-12-13-22)39-30(44)27-18-24(49-32-25-15-14-23(48-9)17-21(25)16-20(2)37-32)19-42(27)33(46)29(35(3,4)5)40-34(47)41-36(6,7)8/h14-17,22,24,26-27,29H,10-13,18-19H2,1-9H3,(H,38,45)(H,39,44)(H2,40,41,47)/t24-,26+,27+,29-/m1/s1. The predicted octanol–water partition coefficient (Wildman–Crippen LogP) is 3.55. The third kappa shape index (κ3) is 9.82. The molecular weight excluding hydrogens is 628 g/mol. The second-order valence-corrected chi connectivity index (χ2v) is 15.2. The summed E-state index contributed by atoms with van der Waals surface area (Å²) in [5, 5.41) is 12.7. The molecule has 2 aliphatic rings. The van der Waals surface area contributed by atoms with E-state index in [0.29, 0.717) is 23.7 Å². The van der Waals surface area contributed by atoms with Crippen LogP contribution in [0.4, 0.5) is 4.79 Å². The largest absolute Gasteiger partial charge is 0.497 e. The number of fused-ring (bicyclic) bond motifs is 1. The second kappa shape index (κ2) is 15.0. The van der Waals surface area contributed by atoms with Gasteiger partial charge in [-0.15, -0.1) is 0 Å². The number of aryl methyl sites for hydroxylation is 1. The van der Waals surface area contributed by atoms with Crippen molar-refractivity contribution in [2.75, 3.05) is 13.7 Å². The number of ether oxygens (including phenoxy) is 2. The van der Waals surface area contributed by atoms with Crippen LogP contribution in [0.15, 0.2) is 24.3 Å². The molecular formula is C36H52N6O7. The topological polar surface area (TPSA) is 168 Å². The van der Waals surface area contributed by atoms with E-state index in [1.54, 1.807) is 13.2 Å². The number of carbonyl (C=O) groups excluding carboxylic acids is 5. The summed E-state index contributed by atoms with van der Waals surface area (Å²) >= 11 is 0. The van der Waals surface area contributed by atoms with Gasteiger partial charge in [-0.1, -0.05) is 34.1 Å². The van der Waals surface area contributed by atoms with Crippen molar-refractivity contribution in [1.29, 1.82) is 0 Å². The molecule has 1 aliphatic heterocycles. The second-order valence-electron chi connectivity index (χ2n) is 15.2. The van der Waals surface area contributed by atoms with E-state index in [0.717, 1.165) is 23.6 Å². The van der Waals surface area contributed by atoms with Crippen LogP contribution < -0.4 is 30.7 Å². The Balaban J connectivity index is 1.65. The number of benzene rings is 1. The first-order chi connectivity index (χ1) is 22.9. The lowest BCUT2D eigenvalue weighted by Gasteiger charge is -2.36. The molecule has 0 radical (unpaired) electrons. The maximum Gasteiger partial charge on any atom is 0.315 e. The third-order valence-corrected chi connectivity index (χ3v) is 8.48. The molecule has 2 heterocycles. The van der Waals surface area contributed by atoms with Gasteiger partial charge in [0, 0.05) is 29.1 Å². The van der Waals surface area contributed by atoms with Gasteiger partial charge < -0.3 is 35.6 Å². The Morgan fingerprint density at radius 1 is 1.02 bits per heavy atom. The van der Waals surface area contributed by atoms with Crippen molar-refractivity contribution in [1.82, 2.24) is 31.2 Å². The molecule has 0 unspecified atom stereocenters. The van der Waals surface area contributed by atoms with Crippen LogP contribution in [0.2, 0.25) is 0 Å². The lowest BCUT2D eigenvalue weighted by atomic mass is 9.85. The van der Waals surface area contributed by atoms with Crippen molar-refractivity contribution in [3.63, 3.8) is 0 Å². The van der Waals surface area contributed by atoms with Crippen molar-refractivity contribution >= 4 is 40.3 Å². The first kappa shape index (κ1) is 37.4. The number of rotatable bonds is 12. The van der Waals surface area contributed by atoms with Crippen LogP contribution in [0.5, 0.6) is 11.6 Å². The van der Waals surface area contributed by atoms with Crippen LogP contribution in [0.1, 0.15) is 86.3 Å². The normalized spacial score (nSPS) is 19.1. The van der Waals surface area contributed by atoms with E-state index in [2.05, 4.69) is 26.3 Å². The predicted molar refractivity (Wildman–Crippen MR) is 185 cm³/mol. The maximum atomic E-state index is 14.4. The molecule has 1 aliphatic carbocycles. The molecule has 1 aromatic heterocycles. The van der Waals surface area contributed by atoms with Gasteiger partial charge in [0.05, 0.1) is 19.7 Å². The molecule has 2 aromatic rings. The molecule has 4 rings (SSSR count). The highest BCUT2D eigenvalue weighted by atomic mass is 16.5. The van der Waals surface area contributed by atoms with Crippen molar-refractivity contribution in [3.8, 4) is 11.6 Å². The highest BCUT2D eigenvalue weighted by molar-refractivity contribution is 6.38. The summed E-state index contributed by atoms with van der Waals surface area (Å²) in [4.78, 5) is 73.3. The van der Waals surface area contributed by atoms with Crippen LogP contribution in [0, 0.1) is 12.3 Å². The SMILES string of the molecule is CCC[C@H](NC(=O)[C@@H]1C[C@@H](Oc2nc(C)cc3cc(OC)ccc23)CN1C(=O)[C@@H](NC(=O)NC(C)(C)C)C(C)(C)C)C(=O)C(=O)NC1CC1. The van der Waals surface area contributed by atoms with Gasteiger partial charge in [-0.2, -0.15) is 0 Å². The molecule has 4 atom stereocenters. The molecule has 4 N–H and O–H groups in total. The molecule has 1 aromatic carbocycles. The first-order valence-corrected chi connectivity index (χ1v) is 17.1. The van der Waals surface area contributed by atoms with Crippen LogP contribution in [0.25, 0.3) is 10.8 Å². The number of carbonyl (C=O) groups is 5. The zero-order chi connectivity index (χ0) is 36.3. The number of hydrogen-bond acceptors (Lipinski definition) is 8. The average Bonchev–Trinajstić information content (AvgIpc) is 3.72. The molecule has 1 saturated carbocycles. The first-order valence-electron chi connectivity index (χ1n) is 17.1. The smallest absolute Gasteiger partial charge is 0.315 e. The van der Waals surface area contributed by atoms with E-state index >= 15 is 0 Å². The van der Waals surface area contributed by atoms with Crippen molar-refractivity contribution in [2.24, 2.45) is 5.41 Å². The summed E-state index contributed by atoms with van der Waals surface area (Å²) in [7, 11) is 1.59. The number of methoxy groups -OCH3 is 1. The summed E-state index contributed by atoms with van der Waals surface area (Å²) in [5.74, 6) is -1.47. The molecule has 13 nitrogen and oxygen atoms in total. The number of amides is 5. The zero-order valence-corrected chi connectivity index (χ0v) is 30.2. The van der Waals surface area contributed by atoms with E-state index in [4.69, 9.17) is 9.47 Å². The number of aromatic nitrogens is 1.